The van der Waals surface area contributed by atoms with E-state index in [0.29, 0.717) is 31.0 Å². The number of hydrogen-bond donors (Lipinski definition) is 1. The number of amides is 1. The van der Waals surface area contributed by atoms with Crippen molar-refractivity contribution in [3.8, 4) is 17.2 Å². The van der Waals surface area contributed by atoms with Gasteiger partial charge >= 0.3 is 6.61 Å². The van der Waals surface area contributed by atoms with Crippen molar-refractivity contribution in [2.75, 3.05) is 27.8 Å². The lowest BCUT2D eigenvalue weighted by Gasteiger charge is -2.24. The first kappa shape index (κ1) is 23.4. The van der Waals surface area contributed by atoms with Gasteiger partial charge in [0.1, 0.15) is 5.75 Å². The number of nitrogens with zero attached hydrogens (tertiary/aromatic N) is 1. The van der Waals surface area contributed by atoms with Crippen molar-refractivity contribution in [1.82, 2.24) is 10.2 Å². The number of likely N-dealkylation sites (N-methyl/N-ethyl adjacent to an activating group) is 1. The van der Waals surface area contributed by atoms with E-state index in [-0.39, 0.29) is 17.7 Å². The molecule has 0 aromatic heterocycles. The minimum Gasteiger partial charge on any atom is -0.493 e. The molecule has 0 saturated carbocycles. The predicted octanol–water partition coefficient (Wildman–Crippen LogP) is 3.48. The van der Waals surface area contributed by atoms with Crippen molar-refractivity contribution in [2.45, 2.75) is 32.5 Å². The van der Waals surface area contributed by atoms with E-state index in [4.69, 9.17) is 9.47 Å². The molecule has 6 nitrogen and oxygen atoms in total. The second-order valence-corrected chi connectivity index (χ2v) is 6.84. The highest BCUT2D eigenvalue weighted by atomic mass is 19.3. The first-order valence-corrected chi connectivity index (χ1v) is 9.56. The van der Waals surface area contributed by atoms with E-state index in [2.05, 4.69) is 10.1 Å². The monoisotopic (exact) mass is 422 g/mol. The van der Waals surface area contributed by atoms with Crippen LogP contribution in [0.1, 0.15) is 18.1 Å². The van der Waals surface area contributed by atoms with Crippen LogP contribution in [0.15, 0.2) is 42.5 Å². The summed E-state index contributed by atoms with van der Waals surface area (Å²) in [4.78, 5) is 14.3. The van der Waals surface area contributed by atoms with Gasteiger partial charge in [0, 0.05) is 13.1 Å². The van der Waals surface area contributed by atoms with Crippen LogP contribution in [0.2, 0.25) is 0 Å². The van der Waals surface area contributed by atoms with Crippen LogP contribution in [0.25, 0.3) is 0 Å². The highest BCUT2D eigenvalue weighted by Crippen LogP contribution is 2.27. The van der Waals surface area contributed by atoms with Gasteiger partial charge in [0.2, 0.25) is 5.91 Å². The fourth-order valence-electron chi connectivity index (χ4n) is 2.92. The third-order valence-electron chi connectivity index (χ3n) is 4.78. The quantitative estimate of drug-likeness (QED) is 0.601. The summed E-state index contributed by atoms with van der Waals surface area (Å²) in [6, 6.07) is 11.7. The second kappa shape index (κ2) is 11.3. The van der Waals surface area contributed by atoms with Crippen LogP contribution in [-0.2, 0) is 17.8 Å². The molecular weight excluding hydrogens is 394 g/mol. The highest BCUT2D eigenvalue weighted by Gasteiger charge is 2.18. The Morgan fingerprint density at radius 2 is 1.67 bits per heavy atom. The number of rotatable bonds is 11. The van der Waals surface area contributed by atoms with Crippen LogP contribution in [0.5, 0.6) is 17.2 Å². The van der Waals surface area contributed by atoms with Gasteiger partial charge in [-0.1, -0.05) is 18.2 Å². The van der Waals surface area contributed by atoms with E-state index >= 15 is 0 Å². The Balaban J connectivity index is 1.82. The SMILES string of the molecule is COc1ccc(CCNC(=O)C(C)N(C)Cc2ccc(OC(F)F)cc2)cc1OC. The molecule has 0 fully saturated rings. The Morgan fingerprint density at radius 3 is 2.27 bits per heavy atom. The van der Waals surface area contributed by atoms with Gasteiger partial charge in [-0.15, -0.1) is 0 Å². The largest absolute Gasteiger partial charge is 0.493 e. The van der Waals surface area contributed by atoms with Crippen molar-refractivity contribution < 1.29 is 27.8 Å². The zero-order valence-corrected chi connectivity index (χ0v) is 17.7. The fraction of sp³-hybridized carbons (Fsp3) is 0.409. The first-order chi connectivity index (χ1) is 14.3. The predicted molar refractivity (Wildman–Crippen MR) is 110 cm³/mol. The number of carbonyl (C=O) groups is 1. The van der Waals surface area contributed by atoms with E-state index in [1.165, 1.54) is 12.1 Å². The Hall–Kier alpha value is -2.87. The molecule has 0 aliphatic carbocycles. The maximum absolute atomic E-state index is 12.5. The number of ether oxygens (including phenoxy) is 3. The molecule has 0 radical (unpaired) electrons. The summed E-state index contributed by atoms with van der Waals surface area (Å²) in [5, 5.41) is 2.94. The topological polar surface area (TPSA) is 60.0 Å². The van der Waals surface area contributed by atoms with Gasteiger partial charge in [-0.05, 0) is 55.8 Å². The van der Waals surface area contributed by atoms with Crippen molar-refractivity contribution in [3.63, 3.8) is 0 Å². The summed E-state index contributed by atoms with van der Waals surface area (Å²) in [5.41, 5.74) is 1.92. The third kappa shape index (κ3) is 6.88. The van der Waals surface area contributed by atoms with Crippen molar-refractivity contribution in [2.24, 2.45) is 0 Å². The summed E-state index contributed by atoms with van der Waals surface area (Å²) >= 11 is 0. The number of nitrogens with one attached hydrogen (secondary N) is 1. The van der Waals surface area contributed by atoms with Crippen molar-refractivity contribution in [3.05, 3.63) is 53.6 Å². The van der Waals surface area contributed by atoms with Gasteiger partial charge in [-0.25, -0.2) is 0 Å². The van der Waals surface area contributed by atoms with Gasteiger partial charge < -0.3 is 19.5 Å². The lowest BCUT2D eigenvalue weighted by Crippen LogP contribution is -2.43. The Labute approximate surface area is 175 Å². The maximum Gasteiger partial charge on any atom is 0.387 e. The Bertz CT molecular complexity index is 815. The molecule has 2 aromatic rings. The highest BCUT2D eigenvalue weighted by molar-refractivity contribution is 5.81. The minimum atomic E-state index is -2.85. The number of benzene rings is 2. The van der Waals surface area contributed by atoms with Gasteiger partial charge in [-0.2, -0.15) is 8.78 Å². The number of alkyl halides is 2. The molecule has 0 bridgehead atoms. The molecule has 2 rings (SSSR count). The summed E-state index contributed by atoms with van der Waals surface area (Å²) in [6.07, 6.45) is 0.661. The van der Waals surface area contributed by atoms with E-state index < -0.39 is 6.61 Å². The molecule has 164 valence electrons. The first-order valence-electron chi connectivity index (χ1n) is 9.56. The van der Waals surface area contributed by atoms with Crippen molar-refractivity contribution >= 4 is 5.91 Å². The van der Waals surface area contributed by atoms with Crippen LogP contribution < -0.4 is 19.5 Å². The van der Waals surface area contributed by atoms with Crippen LogP contribution in [0.3, 0.4) is 0 Å². The summed E-state index contributed by atoms with van der Waals surface area (Å²) in [7, 11) is 5.00. The number of methoxy groups -OCH3 is 2. The van der Waals surface area contributed by atoms with E-state index in [1.807, 2.05) is 37.1 Å². The fourth-order valence-corrected chi connectivity index (χ4v) is 2.92. The van der Waals surface area contributed by atoms with Gasteiger partial charge in [-0.3, -0.25) is 9.69 Å². The van der Waals surface area contributed by atoms with Gasteiger partial charge in [0.15, 0.2) is 11.5 Å². The molecule has 1 atom stereocenters. The van der Waals surface area contributed by atoms with E-state index in [0.717, 1.165) is 11.1 Å². The standard InChI is InChI=1S/C22H28F2N2O4/c1-15(26(2)14-17-5-8-18(9-6-17)30-22(23)24)21(27)25-12-11-16-7-10-19(28-3)20(13-16)29-4/h5-10,13,15,22H,11-12,14H2,1-4H3,(H,25,27). The minimum absolute atomic E-state index is 0.0874. The summed E-state index contributed by atoms with van der Waals surface area (Å²) in [5.74, 6) is 1.33. The maximum atomic E-state index is 12.5. The number of halogens is 2. The molecule has 1 N–H and O–H groups in total. The molecule has 0 aliphatic heterocycles. The molecule has 1 amide bonds. The molecule has 30 heavy (non-hydrogen) atoms. The normalized spacial score (nSPS) is 12.0. The van der Waals surface area contributed by atoms with Crippen molar-refractivity contribution in [1.29, 1.82) is 0 Å². The molecule has 0 spiro atoms. The average molecular weight is 422 g/mol. The van der Waals surface area contributed by atoms with Gasteiger partial charge in [0.05, 0.1) is 20.3 Å². The molecule has 0 heterocycles. The summed E-state index contributed by atoms with van der Waals surface area (Å²) in [6.45, 7) is -0.0352. The van der Waals surface area contributed by atoms with E-state index in [1.54, 1.807) is 26.4 Å². The van der Waals surface area contributed by atoms with Crippen LogP contribution in [0.4, 0.5) is 8.78 Å². The Kier molecular flexibility index (Phi) is 8.86. The number of hydrogen-bond acceptors (Lipinski definition) is 5. The van der Waals surface area contributed by atoms with E-state index in [9.17, 15) is 13.6 Å². The van der Waals surface area contributed by atoms with Crippen LogP contribution >= 0.6 is 0 Å². The second-order valence-electron chi connectivity index (χ2n) is 6.84. The average Bonchev–Trinajstić information content (AvgIpc) is 2.73. The number of carbonyl (C=O) groups excluding carboxylic acids is 1. The third-order valence-corrected chi connectivity index (χ3v) is 4.78. The van der Waals surface area contributed by atoms with Crippen LogP contribution in [0, 0.1) is 0 Å². The molecule has 0 aliphatic rings. The van der Waals surface area contributed by atoms with Crippen LogP contribution in [-0.4, -0.2) is 51.3 Å². The molecular formula is C22H28F2N2O4. The lowest BCUT2D eigenvalue weighted by atomic mass is 10.1. The zero-order chi connectivity index (χ0) is 22.1. The zero-order valence-electron chi connectivity index (χ0n) is 17.7. The summed E-state index contributed by atoms with van der Waals surface area (Å²) < 4.78 is 39.3. The Morgan fingerprint density at radius 1 is 1.03 bits per heavy atom. The lowest BCUT2D eigenvalue weighted by molar-refractivity contribution is -0.125. The molecule has 2 aromatic carbocycles. The molecule has 0 saturated heterocycles. The smallest absolute Gasteiger partial charge is 0.387 e. The molecule has 1 unspecified atom stereocenters. The van der Waals surface area contributed by atoms with Gasteiger partial charge in [0.25, 0.3) is 0 Å². The molecule has 8 heteroatoms.